The summed E-state index contributed by atoms with van der Waals surface area (Å²) in [7, 11) is 0. The third-order valence-corrected chi connectivity index (χ3v) is 2.17. The molecule has 5 nitrogen and oxygen atoms in total. The normalized spacial score (nSPS) is 54.3. The molecule has 5 unspecified atom stereocenters. The fraction of sp³-hybridized carbons (Fsp3) is 0.833. The Morgan fingerprint density at radius 2 is 1.82 bits per heavy atom. The summed E-state index contributed by atoms with van der Waals surface area (Å²) in [5, 5.41) is 27.6. The van der Waals surface area contributed by atoms with E-state index < -0.39 is 30.5 Å². The number of hydrogen-bond donors (Lipinski definition) is 3. The number of aliphatic imine (C=N–C) groups is 1. The molecule has 11 heavy (non-hydrogen) atoms. The number of rotatable bonds is 0. The summed E-state index contributed by atoms with van der Waals surface area (Å²) in [4.78, 5) is 3.76. The van der Waals surface area contributed by atoms with E-state index in [1.807, 2.05) is 0 Å². The second kappa shape index (κ2) is 2.17. The van der Waals surface area contributed by atoms with Crippen LogP contribution in [0.4, 0.5) is 0 Å². The van der Waals surface area contributed by atoms with Crippen LogP contribution in [0.5, 0.6) is 0 Å². The molecule has 2 rings (SSSR count). The molecule has 0 aromatic rings. The number of nitrogens with zero attached hydrogens (tertiary/aromatic N) is 1. The molecule has 0 aromatic heterocycles. The first-order valence-electron chi connectivity index (χ1n) is 3.43. The lowest BCUT2D eigenvalue weighted by Gasteiger charge is -2.12. The summed E-state index contributed by atoms with van der Waals surface area (Å²) in [5.74, 6) is 0. The van der Waals surface area contributed by atoms with Crippen LogP contribution >= 0.6 is 0 Å². The molecule has 2 aliphatic rings. The van der Waals surface area contributed by atoms with E-state index >= 15 is 0 Å². The van der Waals surface area contributed by atoms with Crippen LogP contribution in [0.1, 0.15) is 0 Å². The Bertz CT molecular complexity index is 195. The molecule has 1 saturated carbocycles. The fourth-order valence-electron chi connectivity index (χ4n) is 1.50. The van der Waals surface area contributed by atoms with Gasteiger partial charge in [-0.1, -0.05) is 0 Å². The van der Waals surface area contributed by atoms with Gasteiger partial charge in [0.25, 0.3) is 0 Å². The van der Waals surface area contributed by atoms with E-state index in [9.17, 15) is 10.2 Å². The number of aliphatic hydroxyl groups is 3. The van der Waals surface area contributed by atoms with E-state index in [0.717, 1.165) is 0 Å². The highest BCUT2D eigenvalue weighted by Gasteiger charge is 2.52. The van der Waals surface area contributed by atoms with Gasteiger partial charge in [-0.3, -0.25) is 0 Å². The third kappa shape index (κ3) is 0.786. The first kappa shape index (κ1) is 7.02. The van der Waals surface area contributed by atoms with Crippen molar-refractivity contribution < 1.29 is 20.1 Å². The summed E-state index contributed by atoms with van der Waals surface area (Å²) in [5.41, 5.74) is 0. The minimum Gasteiger partial charge on any atom is -0.475 e. The van der Waals surface area contributed by atoms with Gasteiger partial charge in [0.2, 0.25) is 0 Å². The molecule has 0 spiro atoms. The summed E-state index contributed by atoms with van der Waals surface area (Å²) in [6.45, 7) is 0. The SMILES string of the molecule is OC1C(O)C2N=COC2C1O. The molecule has 1 fully saturated rings. The van der Waals surface area contributed by atoms with Crippen molar-refractivity contribution in [2.45, 2.75) is 30.5 Å². The molecule has 0 saturated heterocycles. The Labute approximate surface area is 62.9 Å². The van der Waals surface area contributed by atoms with Crippen molar-refractivity contribution in [2.75, 3.05) is 0 Å². The van der Waals surface area contributed by atoms with Gasteiger partial charge in [0, 0.05) is 0 Å². The number of fused-ring (bicyclic) bond motifs is 1. The Morgan fingerprint density at radius 1 is 1.09 bits per heavy atom. The van der Waals surface area contributed by atoms with Gasteiger partial charge in [0.15, 0.2) is 12.5 Å². The maximum absolute atomic E-state index is 9.23. The van der Waals surface area contributed by atoms with Gasteiger partial charge in [-0.05, 0) is 0 Å². The highest BCUT2D eigenvalue weighted by Crippen LogP contribution is 2.28. The zero-order valence-electron chi connectivity index (χ0n) is 5.66. The van der Waals surface area contributed by atoms with Gasteiger partial charge in [-0.25, -0.2) is 4.99 Å². The Kier molecular flexibility index (Phi) is 1.38. The zero-order chi connectivity index (χ0) is 8.01. The molecule has 0 amide bonds. The van der Waals surface area contributed by atoms with Crippen molar-refractivity contribution >= 4 is 6.40 Å². The maximum atomic E-state index is 9.23. The molecule has 1 aliphatic heterocycles. The van der Waals surface area contributed by atoms with Crippen LogP contribution in [0.3, 0.4) is 0 Å². The highest BCUT2D eigenvalue weighted by atomic mass is 16.5. The lowest BCUT2D eigenvalue weighted by Crippen LogP contribution is -2.33. The first-order valence-corrected chi connectivity index (χ1v) is 3.43. The standard InChI is InChI=1S/C6H9NO4/c8-3-2-6(11-1-7-2)5(10)4(3)9/h1-6,8-10H. The van der Waals surface area contributed by atoms with Gasteiger partial charge in [-0.2, -0.15) is 0 Å². The van der Waals surface area contributed by atoms with Crippen LogP contribution < -0.4 is 0 Å². The van der Waals surface area contributed by atoms with E-state index in [0.29, 0.717) is 0 Å². The summed E-state index contributed by atoms with van der Waals surface area (Å²) < 4.78 is 4.87. The van der Waals surface area contributed by atoms with Crippen molar-refractivity contribution in [2.24, 2.45) is 4.99 Å². The second-order valence-electron chi connectivity index (χ2n) is 2.82. The molecule has 0 aromatic carbocycles. The maximum Gasteiger partial charge on any atom is 0.170 e. The van der Waals surface area contributed by atoms with Crippen molar-refractivity contribution in [3.63, 3.8) is 0 Å². The van der Waals surface area contributed by atoms with Crippen LogP contribution in [0.15, 0.2) is 4.99 Å². The lowest BCUT2D eigenvalue weighted by molar-refractivity contribution is -0.0383. The monoisotopic (exact) mass is 159 g/mol. The second-order valence-corrected chi connectivity index (χ2v) is 2.82. The summed E-state index contributed by atoms with van der Waals surface area (Å²) in [6, 6.07) is -0.500. The molecule has 0 bridgehead atoms. The zero-order valence-corrected chi connectivity index (χ0v) is 5.66. The van der Waals surface area contributed by atoms with Gasteiger partial charge in [0.1, 0.15) is 24.4 Å². The smallest absolute Gasteiger partial charge is 0.170 e. The third-order valence-electron chi connectivity index (χ3n) is 2.17. The van der Waals surface area contributed by atoms with Gasteiger partial charge < -0.3 is 20.1 Å². The minimum atomic E-state index is -1.14. The summed E-state index contributed by atoms with van der Waals surface area (Å²) >= 11 is 0. The lowest BCUT2D eigenvalue weighted by atomic mass is 10.2. The van der Waals surface area contributed by atoms with E-state index in [-0.39, 0.29) is 0 Å². The van der Waals surface area contributed by atoms with Gasteiger partial charge in [-0.15, -0.1) is 0 Å². The molecule has 5 heteroatoms. The molecule has 62 valence electrons. The van der Waals surface area contributed by atoms with Crippen LogP contribution in [0.2, 0.25) is 0 Å². The van der Waals surface area contributed by atoms with E-state index in [1.54, 1.807) is 0 Å². The van der Waals surface area contributed by atoms with Crippen molar-refractivity contribution in [3.8, 4) is 0 Å². The van der Waals surface area contributed by atoms with Crippen molar-refractivity contribution in [1.29, 1.82) is 0 Å². The number of hydrogen-bond acceptors (Lipinski definition) is 5. The quantitative estimate of drug-likeness (QED) is 0.377. The van der Waals surface area contributed by atoms with Crippen molar-refractivity contribution in [1.82, 2.24) is 0 Å². The molecule has 0 radical (unpaired) electrons. The predicted octanol–water partition coefficient (Wildman–Crippen LogP) is -2.12. The van der Waals surface area contributed by atoms with E-state index in [4.69, 9.17) is 9.84 Å². The average Bonchev–Trinajstić information content (AvgIpc) is 2.53. The Balaban J connectivity index is 2.22. The van der Waals surface area contributed by atoms with Crippen molar-refractivity contribution in [3.05, 3.63) is 0 Å². The van der Waals surface area contributed by atoms with E-state index in [2.05, 4.69) is 4.99 Å². The Hall–Kier alpha value is -0.650. The van der Waals surface area contributed by atoms with Crippen LogP contribution in [0.25, 0.3) is 0 Å². The molecular weight excluding hydrogens is 150 g/mol. The highest BCUT2D eigenvalue weighted by molar-refractivity contribution is 5.51. The topological polar surface area (TPSA) is 82.3 Å². The van der Waals surface area contributed by atoms with Gasteiger partial charge >= 0.3 is 0 Å². The molecule has 3 N–H and O–H groups in total. The summed E-state index contributed by atoms with van der Waals surface area (Å²) in [6.07, 6.45) is -2.54. The molecular formula is C6H9NO4. The van der Waals surface area contributed by atoms with Crippen LogP contribution in [-0.2, 0) is 4.74 Å². The Morgan fingerprint density at radius 3 is 2.45 bits per heavy atom. The number of ether oxygens (including phenoxy) is 1. The minimum absolute atomic E-state index is 0.500. The first-order chi connectivity index (χ1) is 5.22. The fourth-order valence-corrected chi connectivity index (χ4v) is 1.50. The van der Waals surface area contributed by atoms with Crippen LogP contribution in [-0.4, -0.2) is 52.2 Å². The number of aliphatic hydroxyl groups excluding tert-OH is 3. The molecule has 1 aliphatic carbocycles. The average molecular weight is 159 g/mol. The molecule has 1 heterocycles. The van der Waals surface area contributed by atoms with Crippen LogP contribution in [0, 0.1) is 0 Å². The molecule has 5 atom stereocenters. The van der Waals surface area contributed by atoms with E-state index in [1.165, 1.54) is 6.40 Å². The largest absolute Gasteiger partial charge is 0.475 e. The predicted molar refractivity (Wildman–Crippen MR) is 35.2 cm³/mol. The van der Waals surface area contributed by atoms with Gasteiger partial charge in [0.05, 0.1) is 0 Å².